The van der Waals surface area contributed by atoms with Gasteiger partial charge in [0.25, 0.3) is 5.56 Å². The van der Waals surface area contributed by atoms with Gasteiger partial charge in [-0.1, -0.05) is 29.8 Å². The molecular weight excluding hydrogens is 448 g/mol. The first-order chi connectivity index (χ1) is 16.8. The van der Waals surface area contributed by atoms with Gasteiger partial charge in [0, 0.05) is 25.6 Å². The smallest absolute Gasteiger partial charge is 0.319 e. The molecule has 1 aromatic carbocycles. The molecule has 2 fully saturated rings. The van der Waals surface area contributed by atoms with Crippen molar-refractivity contribution < 1.29 is 14.7 Å². The summed E-state index contributed by atoms with van der Waals surface area (Å²) >= 11 is 0. The highest BCUT2D eigenvalue weighted by molar-refractivity contribution is 5.90. The van der Waals surface area contributed by atoms with Crippen molar-refractivity contribution in [3.63, 3.8) is 0 Å². The van der Waals surface area contributed by atoms with Crippen LogP contribution in [0.5, 0.6) is 0 Å². The topological polar surface area (TPSA) is 121 Å². The molecule has 1 aliphatic carbocycles. The number of aromatic nitrogens is 3. The van der Waals surface area contributed by atoms with Crippen LogP contribution in [0, 0.1) is 12.8 Å². The molecule has 3 aromatic rings. The second kappa shape index (κ2) is 9.18. The van der Waals surface area contributed by atoms with E-state index in [4.69, 9.17) is 0 Å². The Morgan fingerprint density at radius 1 is 1.17 bits per heavy atom. The Balaban J connectivity index is 1.21. The molecule has 5 rings (SSSR count). The van der Waals surface area contributed by atoms with E-state index in [0.29, 0.717) is 43.7 Å². The van der Waals surface area contributed by atoms with E-state index in [2.05, 4.69) is 15.7 Å². The van der Waals surface area contributed by atoms with Crippen molar-refractivity contribution in [2.24, 2.45) is 5.92 Å². The quantitative estimate of drug-likeness (QED) is 0.500. The third-order valence-electron chi connectivity index (χ3n) is 6.82. The fraction of sp³-hybridized carbons (Fsp3) is 0.440. The molecule has 1 saturated carbocycles. The summed E-state index contributed by atoms with van der Waals surface area (Å²) in [5.74, 6) is 0.348. The molecule has 1 aliphatic heterocycles. The zero-order chi connectivity index (χ0) is 24.6. The maximum absolute atomic E-state index is 13.0. The number of rotatable bonds is 6. The summed E-state index contributed by atoms with van der Waals surface area (Å²) in [5.41, 5.74) is 1.49. The summed E-state index contributed by atoms with van der Waals surface area (Å²) in [6.07, 6.45) is 5.72. The first-order valence-electron chi connectivity index (χ1n) is 12.0. The number of piperidine rings is 1. The molecule has 0 radical (unpaired) electrons. The summed E-state index contributed by atoms with van der Waals surface area (Å²) in [4.78, 5) is 39.5. The van der Waals surface area contributed by atoms with Gasteiger partial charge < -0.3 is 20.6 Å². The van der Waals surface area contributed by atoms with Gasteiger partial charge in [-0.3, -0.25) is 14.2 Å². The van der Waals surface area contributed by atoms with Crippen molar-refractivity contribution in [1.29, 1.82) is 0 Å². The predicted molar refractivity (Wildman–Crippen MR) is 130 cm³/mol. The zero-order valence-electron chi connectivity index (χ0n) is 19.7. The number of hydrogen-bond donors (Lipinski definition) is 3. The van der Waals surface area contributed by atoms with Crippen molar-refractivity contribution >= 4 is 23.1 Å². The summed E-state index contributed by atoms with van der Waals surface area (Å²) in [6, 6.07) is 9.07. The highest BCUT2D eigenvalue weighted by Crippen LogP contribution is 2.33. The van der Waals surface area contributed by atoms with E-state index >= 15 is 0 Å². The number of aliphatic hydroxyl groups is 1. The van der Waals surface area contributed by atoms with E-state index in [9.17, 15) is 19.5 Å². The van der Waals surface area contributed by atoms with Crippen LogP contribution in [0.15, 0.2) is 47.7 Å². The van der Waals surface area contributed by atoms with E-state index in [0.717, 1.165) is 24.0 Å². The minimum atomic E-state index is -1.08. The number of urea groups is 1. The summed E-state index contributed by atoms with van der Waals surface area (Å²) in [6.45, 7) is 3.48. The third-order valence-corrected chi connectivity index (χ3v) is 6.82. The Hall–Kier alpha value is -3.66. The number of benzene rings is 1. The first kappa shape index (κ1) is 23.1. The standard InChI is InChI=1S/C25H30N6O4/c1-17-2-4-18(5-3-17)13-26-24(34)28-20-12-21-23(33)30(16-27-31(21)14-20)15-25(35)8-10-29(11-9-25)22(32)19-6-7-19/h2-5,12,14,16,19,35H,6-11,13,15H2,1H3,(H2,26,28,34). The lowest BCUT2D eigenvalue weighted by Gasteiger charge is -2.38. The zero-order valence-corrected chi connectivity index (χ0v) is 19.7. The van der Waals surface area contributed by atoms with E-state index < -0.39 is 5.60 Å². The van der Waals surface area contributed by atoms with Gasteiger partial charge in [-0.25, -0.2) is 9.31 Å². The Bertz CT molecular complexity index is 1300. The largest absolute Gasteiger partial charge is 0.388 e. The number of carbonyl (C=O) groups is 2. The normalized spacial score (nSPS) is 17.4. The van der Waals surface area contributed by atoms with Crippen LogP contribution in [0.1, 0.15) is 36.8 Å². The number of amides is 3. The van der Waals surface area contributed by atoms with Crippen molar-refractivity contribution in [3.05, 3.63) is 64.3 Å². The van der Waals surface area contributed by atoms with Gasteiger partial charge >= 0.3 is 6.03 Å². The Labute approximate surface area is 202 Å². The molecule has 3 amide bonds. The number of fused-ring (bicyclic) bond motifs is 1. The minimum absolute atomic E-state index is 0.103. The molecule has 3 N–H and O–H groups in total. The fourth-order valence-electron chi connectivity index (χ4n) is 4.48. The Morgan fingerprint density at radius 2 is 1.89 bits per heavy atom. The number of likely N-dealkylation sites (tertiary alicyclic amines) is 1. The maximum atomic E-state index is 13.0. The lowest BCUT2D eigenvalue weighted by Crippen LogP contribution is -2.50. The first-order valence-corrected chi connectivity index (χ1v) is 12.0. The van der Waals surface area contributed by atoms with E-state index in [1.807, 2.05) is 36.1 Å². The third kappa shape index (κ3) is 5.22. The summed E-state index contributed by atoms with van der Waals surface area (Å²) in [5, 5.41) is 20.9. The molecule has 2 aliphatic rings. The maximum Gasteiger partial charge on any atom is 0.319 e. The molecule has 184 valence electrons. The second-order valence-electron chi connectivity index (χ2n) is 9.74. The van der Waals surface area contributed by atoms with Crippen LogP contribution in [0.3, 0.4) is 0 Å². The average molecular weight is 479 g/mol. The van der Waals surface area contributed by atoms with Gasteiger partial charge in [0.2, 0.25) is 5.91 Å². The van der Waals surface area contributed by atoms with Gasteiger partial charge in [0.1, 0.15) is 11.8 Å². The highest BCUT2D eigenvalue weighted by atomic mass is 16.3. The van der Waals surface area contributed by atoms with Gasteiger partial charge in [-0.05, 0) is 44.2 Å². The molecule has 10 heteroatoms. The number of aryl methyl sites for hydroxylation is 1. The molecule has 0 atom stereocenters. The minimum Gasteiger partial charge on any atom is -0.388 e. The van der Waals surface area contributed by atoms with Crippen LogP contribution in [-0.2, 0) is 17.9 Å². The fourth-order valence-corrected chi connectivity index (χ4v) is 4.48. The van der Waals surface area contributed by atoms with Crippen molar-refractivity contribution in [2.75, 3.05) is 18.4 Å². The van der Waals surface area contributed by atoms with Crippen molar-refractivity contribution in [3.8, 4) is 0 Å². The van der Waals surface area contributed by atoms with E-state index in [-0.39, 0.29) is 30.0 Å². The van der Waals surface area contributed by atoms with Crippen molar-refractivity contribution in [2.45, 2.75) is 51.3 Å². The monoisotopic (exact) mass is 478 g/mol. The van der Waals surface area contributed by atoms with Gasteiger partial charge in [0.15, 0.2) is 0 Å². The van der Waals surface area contributed by atoms with Crippen LogP contribution in [0.2, 0.25) is 0 Å². The van der Waals surface area contributed by atoms with Crippen LogP contribution in [0.25, 0.3) is 5.52 Å². The van der Waals surface area contributed by atoms with E-state index in [1.165, 1.54) is 15.4 Å². The molecular formula is C25H30N6O4. The van der Waals surface area contributed by atoms with E-state index in [1.54, 1.807) is 12.3 Å². The molecule has 0 bridgehead atoms. The molecule has 0 spiro atoms. The summed E-state index contributed by atoms with van der Waals surface area (Å²) < 4.78 is 2.81. The molecule has 2 aromatic heterocycles. The summed E-state index contributed by atoms with van der Waals surface area (Å²) in [7, 11) is 0. The average Bonchev–Trinajstić information content (AvgIpc) is 3.61. The highest BCUT2D eigenvalue weighted by Gasteiger charge is 2.39. The Kier molecular flexibility index (Phi) is 6.06. The molecule has 10 nitrogen and oxygen atoms in total. The Morgan fingerprint density at radius 3 is 2.57 bits per heavy atom. The number of anilines is 1. The molecule has 35 heavy (non-hydrogen) atoms. The lowest BCUT2D eigenvalue weighted by molar-refractivity contribution is -0.137. The molecule has 1 saturated heterocycles. The number of nitrogens with one attached hydrogen (secondary N) is 2. The van der Waals surface area contributed by atoms with Gasteiger partial charge in [0.05, 0.1) is 24.0 Å². The van der Waals surface area contributed by atoms with Gasteiger partial charge in [-0.2, -0.15) is 5.10 Å². The van der Waals surface area contributed by atoms with Crippen LogP contribution in [0.4, 0.5) is 10.5 Å². The molecule has 0 unspecified atom stereocenters. The lowest BCUT2D eigenvalue weighted by atomic mass is 9.91. The second-order valence-corrected chi connectivity index (χ2v) is 9.74. The van der Waals surface area contributed by atoms with Gasteiger partial charge in [-0.15, -0.1) is 0 Å². The molecule has 3 heterocycles. The van der Waals surface area contributed by atoms with Crippen LogP contribution in [-0.4, -0.2) is 54.8 Å². The number of nitrogens with zero attached hydrogens (tertiary/aromatic N) is 4. The van der Waals surface area contributed by atoms with Crippen LogP contribution >= 0.6 is 0 Å². The number of carbonyl (C=O) groups excluding carboxylic acids is 2. The van der Waals surface area contributed by atoms with Crippen molar-refractivity contribution in [1.82, 2.24) is 24.4 Å². The van der Waals surface area contributed by atoms with Crippen LogP contribution < -0.4 is 16.2 Å². The number of hydrogen-bond acceptors (Lipinski definition) is 5. The SMILES string of the molecule is Cc1ccc(CNC(=O)Nc2cc3c(=O)n(CC4(O)CCN(C(=O)C5CC5)CC4)cnn3c2)cc1. The predicted octanol–water partition coefficient (Wildman–Crippen LogP) is 1.89.